The van der Waals surface area contributed by atoms with Crippen LogP contribution >= 0.6 is 15.9 Å². The number of benzene rings is 3. The third-order valence-corrected chi connectivity index (χ3v) is 5.34. The minimum Gasteiger partial charge on any atom is -0.496 e. The molecule has 0 spiro atoms. The summed E-state index contributed by atoms with van der Waals surface area (Å²) in [5, 5.41) is 0. The van der Waals surface area contributed by atoms with Gasteiger partial charge in [-0.15, -0.1) is 0 Å². The second-order valence-corrected chi connectivity index (χ2v) is 8.68. The lowest BCUT2D eigenvalue weighted by molar-refractivity contribution is 0.0823. The molecule has 0 radical (unpaired) electrons. The maximum absolute atomic E-state index is 6.06. The van der Waals surface area contributed by atoms with Crippen molar-refractivity contribution in [3.63, 3.8) is 0 Å². The molecule has 29 heavy (non-hydrogen) atoms. The summed E-state index contributed by atoms with van der Waals surface area (Å²) >= 11 is 3.47. The Kier molecular flexibility index (Phi) is 6.99. The molecule has 3 aromatic carbocycles. The summed E-state index contributed by atoms with van der Waals surface area (Å²) in [5.41, 5.74) is 3.29. The van der Waals surface area contributed by atoms with Gasteiger partial charge in [0.05, 0.1) is 20.3 Å². The average molecular weight is 455 g/mol. The van der Waals surface area contributed by atoms with Gasteiger partial charge in [-0.2, -0.15) is 0 Å². The molecule has 0 atom stereocenters. The van der Waals surface area contributed by atoms with Gasteiger partial charge in [0.2, 0.25) is 0 Å². The lowest BCUT2D eigenvalue weighted by Crippen LogP contribution is -2.24. The number of ether oxygens (including phenoxy) is 3. The summed E-state index contributed by atoms with van der Waals surface area (Å²) in [4.78, 5) is 0. The van der Waals surface area contributed by atoms with Gasteiger partial charge < -0.3 is 14.2 Å². The molecule has 4 heteroatoms. The molecule has 0 unspecified atom stereocenters. The minimum absolute atomic E-state index is 0.120. The van der Waals surface area contributed by atoms with Crippen molar-refractivity contribution in [1.29, 1.82) is 0 Å². The van der Waals surface area contributed by atoms with Crippen LogP contribution in [0.2, 0.25) is 0 Å². The largest absolute Gasteiger partial charge is 0.496 e. The molecule has 0 saturated heterocycles. The molecule has 0 amide bonds. The molecule has 0 fully saturated rings. The summed E-state index contributed by atoms with van der Waals surface area (Å²) in [6, 6.07) is 22.2. The van der Waals surface area contributed by atoms with E-state index >= 15 is 0 Å². The molecule has 3 nitrogen and oxygen atoms in total. The highest BCUT2D eigenvalue weighted by atomic mass is 79.9. The third-order valence-electron chi connectivity index (χ3n) is 4.85. The summed E-state index contributed by atoms with van der Waals surface area (Å²) < 4.78 is 18.5. The van der Waals surface area contributed by atoms with E-state index in [4.69, 9.17) is 14.2 Å². The van der Waals surface area contributed by atoms with Gasteiger partial charge >= 0.3 is 0 Å². The van der Waals surface area contributed by atoms with E-state index in [1.54, 1.807) is 7.11 Å². The molecule has 3 aromatic rings. The first kappa shape index (κ1) is 21.4. The minimum atomic E-state index is -0.120. The Hall–Kier alpha value is -2.30. The second-order valence-electron chi connectivity index (χ2n) is 7.77. The molecule has 0 heterocycles. The highest BCUT2D eigenvalue weighted by Crippen LogP contribution is 2.30. The van der Waals surface area contributed by atoms with Crippen molar-refractivity contribution in [3.8, 4) is 17.2 Å². The fourth-order valence-corrected chi connectivity index (χ4v) is 3.49. The SMILES string of the molecule is COc1cc(C(C)(C)COCc2cccc(Oc3cccc(Br)c3)c2)ccc1C. The molecule has 3 rings (SSSR count). The van der Waals surface area contributed by atoms with Crippen molar-refractivity contribution < 1.29 is 14.2 Å². The van der Waals surface area contributed by atoms with Crippen LogP contribution in [0.1, 0.15) is 30.5 Å². The van der Waals surface area contributed by atoms with Crippen LogP contribution < -0.4 is 9.47 Å². The Labute approximate surface area is 181 Å². The molecule has 0 saturated carbocycles. The van der Waals surface area contributed by atoms with Gasteiger partial charge in [-0.25, -0.2) is 0 Å². The van der Waals surface area contributed by atoms with E-state index < -0.39 is 0 Å². The van der Waals surface area contributed by atoms with Crippen molar-refractivity contribution in [1.82, 2.24) is 0 Å². The van der Waals surface area contributed by atoms with Gasteiger partial charge in [0.15, 0.2) is 0 Å². The van der Waals surface area contributed by atoms with E-state index in [-0.39, 0.29) is 5.41 Å². The van der Waals surface area contributed by atoms with E-state index in [1.807, 2.05) is 42.5 Å². The maximum Gasteiger partial charge on any atom is 0.128 e. The van der Waals surface area contributed by atoms with E-state index in [0.717, 1.165) is 32.8 Å². The molecule has 0 aromatic heterocycles. The lowest BCUT2D eigenvalue weighted by atomic mass is 9.85. The standard InChI is InChI=1S/C25H27BrO3/c1-18-11-12-20(14-24(18)27-4)25(2,3)17-28-16-19-7-5-9-22(13-19)29-23-10-6-8-21(26)15-23/h5-15H,16-17H2,1-4H3. The van der Waals surface area contributed by atoms with E-state index in [2.05, 4.69) is 61.0 Å². The molecule has 152 valence electrons. The Morgan fingerprint density at radius 2 is 1.62 bits per heavy atom. The number of hydrogen-bond donors (Lipinski definition) is 0. The van der Waals surface area contributed by atoms with Gasteiger partial charge in [0.25, 0.3) is 0 Å². The molecule has 0 N–H and O–H groups in total. The smallest absolute Gasteiger partial charge is 0.128 e. The zero-order chi connectivity index (χ0) is 20.9. The Bertz CT molecular complexity index is 966. The quantitative estimate of drug-likeness (QED) is 0.364. The molecule has 0 aliphatic heterocycles. The second kappa shape index (κ2) is 9.47. The highest BCUT2D eigenvalue weighted by molar-refractivity contribution is 9.10. The summed E-state index contributed by atoms with van der Waals surface area (Å²) in [7, 11) is 1.71. The topological polar surface area (TPSA) is 27.7 Å². The zero-order valence-electron chi connectivity index (χ0n) is 17.4. The number of rotatable bonds is 8. The average Bonchev–Trinajstić information content (AvgIpc) is 2.68. The number of aryl methyl sites for hydroxylation is 1. The number of halogens is 1. The van der Waals surface area contributed by atoms with Gasteiger partial charge in [-0.1, -0.05) is 60.1 Å². The maximum atomic E-state index is 6.06. The number of methoxy groups -OCH3 is 1. The monoisotopic (exact) mass is 454 g/mol. The van der Waals surface area contributed by atoms with Crippen molar-refractivity contribution in [2.75, 3.05) is 13.7 Å². The molecule has 0 aliphatic rings. The van der Waals surface area contributed by atoms with Crippen LogP contribution in [0.15, 0.2) is 71.2 Å². The van der Waals surface area contributed by atoms with Crippen LogP contribution in [0.5, 0.6) is 17.2 Å². The third kappa shape index (κ3) is 5.84. The first-order valence-corrected chi connectivity index (χ1v) is 10.4. The Morgan fingerprint density at radius 3 is 2.34 bits per heavy atom. The number of hydrogen-bond acceptors (Lipinski definition) is 3. The van der Waals surface area contributed by atoms with Crippen molar-refractivity contribution in [3.05, 3.63) is 87.9 Å². The van der Waals surface area contributed by atoms with E-state index in [1.165, 1.54) is 5.56 Å². The lowest BCUT2D eigenvalue weighted by Gasteiger charge is -2.26. The van der Waals surface area contributed by atoms with Gasteiger partial charge in [0.1, 0.15) is 17.2 Å². The Balaban J connectivity index is 1.61. The van der Waals surface area contributed by atoms with Crippen LogP contribution in [0.25, 0.3) is 0 Å². The van der Waals surface area contributed by atoms with Gasteiger partial charge in [0, 0.05) is 9.89 Å². The van der Waals surface area contributed by atoms with Crippen molar-refractivity contribution in [2.45, 2.75) is 32.8 Å². The predicted molar refractivity (Wildman–Crippen MR) is 121 cm³/mol. The molecule has 0 aliphatic carbocycles. The Morgan fingerprint density at radius 1 is 0.897 bits per heavy atom. The zero-order valence-corrected chi connectivity index (χ0v) is 19.0. The predicted octanol–water partition coefficient (Wildman–Crippen LogP) is 7.05. The molecular formula is C25H27BrO3. The van der Waals surface area contributed by atoms with Crippen LogP contribution in [0.4, 0.5) is 0 Å². The van der Waals surface area contributed by atoms with Gasteiger partial charge in [-0.05, 0) is 60.0 Å². The van der Waals surface area contributed by atoms with E-state index in [0.29, 0.717) is 13.2 Å². The fraction of sp³-hybridized carbons (Fsp3) is 0.280. The van der Waals surface area contributed by atoms with Crippen LogP contribution in [0.3, 0.4) is 0 Å². The summed E-state index contributed by atoms with van der Waals surface area (Å²) in [6.45, 7) is 7.56. The molecule has 0 bridgehead atoms. The fourth-order valence-electron chi connectivity index (χ4n) is 3.11. The first-order valence-electron chi connectivity index (χ1n) is 9.62. The first-order chi connectivity index (χ1) is 13.9. The normalized spacial score (nSPS) is 11.3. The van der Waals surface area contributed by atoms with E-state index in [9.17, 15) is 0 Å². The van der Waals surface area contributed by atoms with Crippen LogP contribution in [0, 0.1) is 6.92 Å². The summed E-state index contributed by atoms with van der Waals surface area (Å²) in [6.07, 6.45) is 0. The highest BCUT2D eigenvalue weighted by Gasteiger charge is 2.22. The summed E-state index contributed by atoms with van der Waals surface area (Å²) in [5.74, 6) is 2.51. The van der Waals surface area contributed by atoms with Crippen molar-refractivity contribution >= 4 is 15.9 Å². The van der Waals surface area contributed by atoms with Crippen LogP contribution in [-0.2, 0) is 16.8 Å². The van der Waals surface area contributed by atoms with Gasteiger partial charge in [-0.3, -0.25) is 0 Å². The molecular weight excluding hydrogens is 428 g/mol. The van der Waals surface area contributed by atoms with Crippen LogP contribution in [-0.4, -0.2) is 13.7 Å². The van der Waals surface area contributed by atoms with Crippen molar-refractivity contribution in [2.24, 2.45) is 0 Å².